The lowest BCUT2D eigenvalue weighted by molar-refractivity contribution is 0.281. The van der Waals surface area contributed by atoms with Gasteiger partial charge in [0.05, 0.1) is 12.3 Å². The van der Waals surface area contributed by atoms with Gasteiger partial charge in [0.15, 0.2) is 0 Å². The molecule has 0 fully saturated rings. The number of hydrogen-bond donors (Lipinski definition) is 1. The maximum Gasteiger partial charge on any atom is 0.261 e. The van der Waals surface area contributed by atoms with E-state index in [0.29, 0.717) is 5.22 Å². The Balaban J connectivity index is 2.24. The van der Waals surface area contributed by atoms with E-state index in [4.69, 9.17) is 9.52 Å². The minimum absolute atomic E-state index is 0.0724. The molecule has 1 aromatic carbocycles. The number of aromatic nitrogens is 1. The zero-order chi connectivity index (χ0) is 12.4. The van der Waals surface area contributed by atoms with E-state index in [9.17, 15) is 0 Å². The molecule has 0 amide bonds. The van der Waals surface area contributed by atoms with Crippen LogP contribution in [-0.4, -0.2) is 10.1 Å². The van der Waals surface area contributed by atoms with Crippen molar-refractivity contribution in [2.45, 2.75) is 37.5 Å². The summed E-state index contributed by atoms with van der Waals surface area (Å²) in [5.41, 5.74) is 2.97. The van der Waals surface area contributed by atoms with E-state index in [1.807, 2.05) is 39.0 Å². The summed E-state index contributed by atoms with van der Waals surface area (Å²) in [6, 6.07) is 5.88. The number of aryl methyl sites for hydroxylation is 3. The van der Waals surface area contributed by atoms with Crippen LogP contribution in [-0.2, 0) is 6.61 Å². The summed E-state index contributed by atoms with van der Waals surface area (Å²) in [6.07, 6.45) is 0. The van der Waals surface area contributed by atoms with Gasteiger partial charge in [-0.25, -0.2) is 4.98 Å². The van der Waals surface area contributed by atoms with Gasteiger partial charge >= 0.3 is 0 Å². The summed E-state index contributed by atoms with van der Waals surface area (Å²) in [5.74, 6) is 0.858. The highest BCUT2D eigenvalue weighted by atomic mass is 32.2. The van der Waals surface area contributed by atoms with Crippen LogP contribution in [0.1, 0.15) is 22.6 Å². The molecule has 0 atom stereocenters. The highest BCUT2D eigenvalue weighted by Crippen LogP contribution is 2.31. The first-order valence-electron chi connectivity index (χ1n) is 5.42. The number of nitrogens with zero attached hydrogens (tertiary/aromatic N) is 1. The highest BCUT2D eigenvalue weighted by molar-refractivity contribution is 7.99. The molecular weight excluding hydrogens is 234 g/mol. The third-order valence-electron chi connectivity index (χ3n) is 2.63. The largest absolute Gasteiger partial charge is 0.436 e. The Bertz CT molecular complexity index is 515. The highest BCUT2D eigenvalue weighted by Gasteiger charge is 2.09. The summed E-state index contributed by atoms with van der Waals surface area (Å²) < 4.78 is 5.53. The topological polar surface area (TPSA) is 46.3 Å². The second-order valence-electron chi connectivity index (χ2n) is 3.98. The fourth-order valence-electron chi connectivity index (χ4n) is 1.51. The summed E-state index contributed by atoms with van der Waals surface area (Å²) in [6.45, 7) is 5.94. The summed E-state index contributed by atoms with van der Waals surface area (Å²) >= 11 is 1.51. The first-order chi connectivity index (χ1) is 8.10. The van der Waals surface area contributed by atoms with Crippen LogP contribution >= 0.6 is 11.8 Å². The quantitative estimate of drug-likeness (QED) is 0.907. The minimum atomic E-state index is 0.0724. The molecule has 1 aromatic heterocycles. The number of hydrogen-bond acceptors (Lipinski definition) is 4. The van der Waals surface area contributed by atoms with E-state index < -0.39 is 0 Å². The zero-order valence-electron chi connectivity index (χ0n) is 10.2. The van der Waals surface area contributed by atoms with Crippen molar-refractivity contribution >= 4 is 11.8 Å². The second-order valence-corrected chi connectivity index (χ2v) is 4.97. The number of aliphatic hydroxyl groups excluding tert-OH is 1. The standard InChI is InChI=1S/C13H15NO2S/c1-8-6-11(7-15)4-5-12(8)17-13-14-9(2)10(3)16-13/h4-6,15H,7H2,1-3H3. The molecule has 2 rings (SSSR count). The molecule has 0 aliphatic rings. The second kappa shape index (κ2) is 4.94. The average molecular weight is 249 g/mol. The number of rotatable bonds is 3. The Labute approximate surface area is 105 Å². The first-order valence-corrected chi connectivity index (χ1v) is 6.24. The lowest BCUT2D eigenvalue weighted by Gasteiger charge is -2.04. The average Bonchev–Trinajstić information content (AvgIpc) is 2.61. The van der Waals surface area contributed by atoms with Gasteiger partial charge < -0.3 is 9.52 Å². The lowest BCUT2D eigenvalue weighted by Crippen LogP contribution is -1.86. The van der Waals surface area contributed by atoms with E-state index >= 15 is 0 Å². The third kappa shape index (κ3) is 2.70. The van der Waals surface area contributed by atoms with E-state index in [0.717, 1.165) is 27.5 Å². The molecule has 3 nitrogen and oxygen atoms in total. The maximum absolute atomic E-state index is 9.04. The molecule has 0 radical (unpaired) electrons. The van der Waals surface area contributed by atoms with Crippen molar-refractivity contribution in [2.24, 2.45) is 0 Å². The Kier molecular flexibility index (Phi) is 3.54. The predicted molar refractivity (Wildman–Crippen MR) is 67.2 cm³/mol. The van der Waals surface area contributed by atoms with Crippen LogP contribution in [0.15, 0.2) is 32.7 Å². The molecule has 4 heteroatoms. The predicted octanol–water partition coefficient (Wildman–Crippen LogP) is 3.24. The van der Waals surface area contributed by atoms with Crippen molar-refractivity contribution in [3.63, 3.8) is 0 Å². The van der Waals surface area contributed by atoms with Gasteiger partial charge in [0.2, 0.25) is 0 Å². The van der Waals surface area contributed by atoms with Crippen molar-refractivity contribution in [2.75, 3.05) is 0 Å². The molecule has 0 bridgehead atoms. The SMILES string of the molecule is Cc1cc(CO)ccc1Sc1nc(C)c(C)o1. The molecule has 0 saturated heterocycles. The molecule has 90 valence electrons. The molecule has 1 heterocycles. The number of aliphatic hydroxyl groups is 1. The van der Waals surface area contributed by atoms with Crippen molar-refractivity contribution in [3.8, 4) is 0 Å². The van der Waals surface area contributed by atoms with Crippen LogP contribution in [0, 0.1) is 20.8 Å². The fourth-order valence-corrected chi connectivity index (χ4v) is 2.40. The Hall–Kier alpha value is -1.26. The molecule has 0 aliphatic carbocycles. The van der Waals surface area contributed by atoms with Gasteiger partial charge in [0.1, 0.15) is 5.76 Å². The van der Waals surface area contributed by atoms with Crippen molar-refractivity contribution in [1.82, 2.24) is 4.98 Å². The Morgan fingerprint density at radius 1 is 1.29 bits per heavy atom. The van der Waals surface area contributed by atoms with E-state index in [2.05, 4.69) is 4.98 Å². The lowest BCUT2D eigenvalue weighted by atomic mass is 10.1. The molecular formula is C13H15NO2S. The summed E-state index contributed by atoms with van der Waals surface area (Å²) in [5, 5.41) is 9.71. The number of oxazole rings is 1. The normalized spacial score (nSPS) is 10.8. The Morgan fingerprint density at radius 2 is 2.06 bits per heavy atom. The van der Waals surface area contributed by atoms with Crippen molar-refractivity contribution < 1.29 is 9.52 Å². The van der Waals surface area contributed by atoms with Crippen molar-refractivity contribution in [3.05, 3.63) is 40.8 Å². The van der Waals surface area contributed by atoms with Crippen LogP contribution < -0.4 is 0 Å². The number of benzene rings is 1. The van der Waals surface area contributed by atoms with Gasteiger partial charge in [-0.2, -0.15) is 0 Å². The molecule has 0 spiro atoms. The first kappa shape index (κ1) is 12.2. The monoisotopic (exact) mass is 249 g/mol. The van der Waals surface area contributed by atoms with E-state index in [1.165, 1.54) is 11.8 Å². The molecule has 1 N–H and O–H groups in total. The molecule has 2 aromatic rings. The van der Waals surface area contributed by atoms with Crippen molar-refractivity contribution in [1.29, 1.82) is 0 Å². The van der Waals surface area contributed by atoms with E-state index in [1.54, 1.807) is 0 Å². The van der Waals surface area contributed by atoms with Gasteiger partial charge in [-0.15, -0.1) is 0 Å². The van der Waals surface area contributed by atoms with Crippen LogP contribution in [0.4, 0.5) is 0 Å². The van der Waals surface area contributed by atoms with Gasteiger partial charge in [0.25, 0.3) is 5.22 Å². The summed E-state index contributed by atoms with van der Waals surface area (Å²) in [4.78, 5) is 5.44. The molecule has 17 heavy (non-hydrogen) atoms. The van der Waals surface area contributed by atoms with Crippen LogP contribution in [0.2, 0.25) is 0 Å². The molecule has 0 unspecified atom stereocenters. The van der Waals surface area contributed by atoms with Gasteiger partial charge in [-0.1, -0.05) is 12.1 Å². The molecule has 0 aliphatic heterocycles. The zero-order valence-corrected chi connectivity index (χ0v) is 11.0. The van der Waals surface area contributed by atoms with Gasteiger partial charge in [0, 0.05) is 4.90 Å². The molecule has 0 saturated carbocycles. The maximum atomic E-state index is 9.04. The van der Waals surface area contributed by atoms with Crippen LogP contribution in [0.3, 0.4) is 0 Å². The minimum Gasteiger partial charge on any atom is -0.436 e. The Morgan fingerprint density at radius 3 is 2.59 bits per heavy atom. The van der Waals surface area contributed by atoms with Crippen LogP contribution in [0.5, 0.6) is 0 Å². The van der Waals surface area contributed by atoms with Gasteiger partial charge in [-0.05, 0) is 49.7 Å². The van der Waals surface area contributed by atoms with Crippen LogP contribution in [0.25, 0.3) is 0 Å². The third-order valence-corrected chi connectivity index (χ3v) is 3.66. The van der Waals surface area contributed by atoms with Gasteiger partial charge in [-0.3, -0.25) is 0 Å². The van der Waals surface area contributed by atoms with E-state index in [-0.39, 0.29) is 6.61 Å². The summed E-state index contributed by atoms with van der Waals surface area (Å²) in [7, 11) is 0. The fraction of sp³-hybridized carbons (Fsp3) is 0.308. The smallest absolute Gasteiger partial charge is 0.261 e.